The number of hydrogen-bond acceptors (Lipinski definition) is 16. The minimum Gasteiger partial charge on any atom is -0.388 e. The molecule has 6 heterocycles. The van der Waals surface area contributed by atoms with E-state index in [1.54, 1.807) is 11.5 Å². The Hall–Kier alpha value is -2.81. The average Bonchev–Trinajstić information content (AvgIpc) is 3.31. The van der Waals surface area contributed by atoms with Crippen LogP contribution in [0, 0.1) is 18.3 Å². The van der Waals surface area contributed by atoms with E-state index in [-0.39, 0.29) is 41.8 Å². The molecule has 1 spiro atoms. The van der Waals surface area contributed by atoms with Gasteiger partial charge in [-0.15, -0.1) is 5.10 Å². The predicted molar refractivity (Wildman–Crippen MR) is 153 cm³/mol. The highest BCUT2D eigenvalue weighted by Gasteiger charge is 2.74. The van der Waals surface area contributed by atoms with Crippen LogP contribution in [0.15, 0.2) is 17.4 Å². The van der Waals surface area contributed by atoms with E-state index in [1.807, 2.05) is 0 Å². The second kappa shape index (κ2) is 10.1. The fourth-order valence-corrected chi connectivity index (χ4v) is 9.26. The number of imidazole rings is 1. The van der Waals surface area contributed by atoms with E-state index >= 15 is 0 Å². The van der Waals surface area contributed by atoms with Gasteiger partial charge in [-0.05, 0) is 31.1 Å². The van der Waals surface area contributed by atoms with Gasteiger partial charge in [0.25, 0.3) is 5.56 Å². The number of rotatable bonds is 2. The molecule has 4 aliphatic rings. The van der Waals surface area contributed by atoms with Crippen LogP contribution in [0.3, 0.4) is 0 Å². The van der Waals surface area contributed by atoms with Gasteiger partial charge in [-0.1, -0.05) is 5.21 Å². The van der Waals surface area contributed by atoms with Crippen molar-refractivity contribution < 1.29 is 42.3 Å². The summed E-state index contributed by atoms with van der Waals surface area (Å²) in [6.45, 7) is -3.15. The van der Waals surface area contributed by atoms with Crippen molar-refractivity contribution >= 4 is 54.5 Å². The first kappa shape index (κ1) is 29.6. The Morgan fingerprint density at radius 1 is 1.18 bits per heavy atom. The van der Waals surface area contributed by atoms with E-state index in [9.17, 15) is 24.3 Å². The molecule has 0 radical (unpaired) electrons. The molecular weight excluding hydrogens is 658 g/mol. The zero-order valence-electron chi connectivity index (χ0n) is 23.2. The Morgan fingerprint density at radius 3 is 2.82 bits per heavy atom. The van der Waals surface area contributed by atoms with Gasteiger partial charge in [0, 0.05) is 11.8 Å². The van der Waals surface area contributed by atoms with E-state index in [0.717, 1.165) is 0 Å². The van der Waals surface area contributed by atoms with Gasteiger partial charge in [0.1, 0.15) is 36.0 Å². The van der Waals surface area contributed by atoms with Gasteiger partial charge in [0.15, 0.2) is 28.9 Å². The third kappa shape index (κ3) is 4.77. The largest absolute Gasteiger partial charge is 0.472 e. The summed E-state index contributed by atoms with van der Waals surface area (Å²) >= 11 is 5.34. The maximum absolute atomic E-state index is 13.4. The molecule has 0 amide bonds. The molecule has 2 unspecified atom stereocenters. The number of ether oxygens (including phenoxy) is 1. The summed E-state index contributed by atoms with van der Waals surface area (Å²) in [6, 6.07) is -0.691. The summed E-state index contributed by atoms with van der Waals surface area (Å²) in [5, 5.41) is 19.4. The number of nitrogens with two attached hydrogens (primary N) is 1. The Bertz CT molecular complexity index is 2010. The van der Waals surface area contributed by atoms with Crippen molar-refractivity contribution in [1.82, 2.24) is 44.5 Å². The van der Waals surface area contributed by atoms with Gasteiger partial charge in [-0.25, -0.2) is 24.5 Å². The van der Waals surface area contributed by atoms with Crippen molar-refractivity contribution in [3.63, 3.8) is 0 Å². The number of phosphoric ester groups is 1. The fourth-order valence-electron chi connectivity index (χ4n) is 6.77. The lowest BCUT2D eigenvalue weighted by Crippen LogP contribution is -2.38. The SMILES string of the molecule is Cc1nc2c(nnn2[C@@H]2O[C@@H]3COP(O)(=S)O[C@H]4[C@@H](O)[C@H](n5cnc6c(N)ncnc65)[C@H]5C[C@@]54COP(=O)(O)O[C@@H]2C3)c(=O)[nH]1. The molecule has 2 bridgehead atoms. The molecule has 240 valence electrons. The fraction of sp³-hybridized carbons (Fsp3) is 0.591. The third-order valence-corrected chi connectivity index (χ3v) is 11.3. The Morgan fingerprint density at radius 2 is 2.00 bits per heavy atom. The standard InChI is InChI=1S/C22H26N10O10P2S/c1-8-27-19-13(20(34)28-8)29-30-32(19)21-11-2-9(40-21)4-38-44(37,45)42-16-15(33)14(10-3-22(10,16)5-39-43(35,36)41-11)31-7-26-12-17(23)24-6-25-18(12)31/h6-7,9-11,14-16,21,33H,2-5H2,1H3,(H,35,36)(H,37,45)(H2,23,24,25)(H,27,28,34)/t9-,10+,11+,14+,15-,16-,21+,22+,44?/m0/s1. The van der Waals surface area contributed by atoms with E-state index < -0.39 is 68.8 Å². The summed E-state index contributed by atoms with van der Waals surface area (Å²) in [6.07, 6.45) is -2.50. The minimum absolute atomic E-state index is 0.0158. The van der Waals surface area contributed by atoms with Crippen LogP contribution in [0.4, 0.5) is 5.82 Å². The van der Waals surface area contributed by atoms with Crippen molar-refractivity contribution in [3.8, 4) is 0 Å². The third-order valence-electron chi connectivity index (χ3n) is 8.80. The van der Waals surface area contributed by atoms with Gasteiger partial charge in [-0.2, -0.15) is 4.68 Å². The molecule has 23 heteroatoms. The number of anilines is 1. The quantitative estimate of drug-likeness (QED) is 0.168. The van der Waals surface area contributed by atoms with E-state index in [1.165, 1.54) is 17.3 Å². The normalized spacial score (nSPS) is 40.0. The number of aromatic amines is 1. The predicted octanol–water partition coefficient (Wildman–Crippen LogP) is -0.411. The van der Waals surface area contributed by atoms with Crippen LogP contribution in [-0.2, 0) is 39.2 Å². The maximum atomic E-state index is 13.4. The second-order valence-corrected chi connectivity index (χ2v) is 15.7. The van der Waals surface area contributed by atoms with Crippen LogP contribution in [0.1, 0.15) is 30.9 Å². The van der Waals surface area contributed by atoms with Crippen LogP contribution < -0.4 is 11.3 Å². The molecule has 8 rings (SSSR count). The minimum atomic E-state index is -4.80. The van der Waals surface area contributed by atoms with Crippen LogP contribution >= 0.6 is 14.5 Å². The van der Waals surface area contributed by atoms with Gasteiger partial charge < -0.3 is 44.0 Å². The van der Waals surface area contributed by atoms with Crippen molar-refractivity contribution in [2.75, 3.05) is 18.9 Å². The highest BCUT2D eigenvalue weighted by molar-refractivity contribution is 8.07. The molecule has 4 aromatic heterocycles. The van der Waals surface area contributed by atoms with Crippen molar-refractivity contribution in [2.45, 2.75) is 56.5 Å². The molecular formula is C22H26N10O10P2S. The Kier molecular flexibility index (Phi) is 6.64. The number of aliphatic hydroxyl groups excluding tert-OH is 1. The van der Waals surface area contributed by atoms with Gasteiger partial charge >= 0.3 is 14.5 Å². The summed E-state index contributed by atoms with van der Waals surface area (Å²) in [7, 11) is -4.80. The Labute approximate surface area is 256 Å². The van der Waals surface area contributed by atoms with Gasteiger partial charge in [0.2, 0.25) is 0 Å². The van der Waals surface area contributed by atoms with Crippen molar-refractivity contribution in [3.05, 3.63) is 28.8 Å². The van der Waals surface area contributed by atoms with E-state index in [0.29, 0.717) is 17.6 Å². The van der Waals surface area contributed by atoms with E-state index in [2.05, 4.69) is 35.2 Å². The number of nitrogens with zero attached hydrogens (tertiary/aromatic N) is 8. The summed E-state index contributed by atoms with van der Waals surface area (Å²) in [5.74, 6) is 0.0724. The molecule has 10 atom stereocenters. The van der Waals surface area contributed by atoms with Gasteiger partial charge in [-0.3, -0.25) is 13.8 Å². The first-order chi connectivity index (χ1) is 21.4. The first-order valence-corrected chi connectivity index (χ1v) is 17.8. The number of fused-ring (bicyclic) bond motifs is 4. The number of hydrogen-bond donors (Lipinski definition) is 5. The highest BCUT2D eigenvalue weighted by atomic mass is 32.5. The van der Waals surface area contributed by atoms with Crippen LogP contribution in [0.5, 0.6) is 0 Å². The molecule has 2 aliphatic carbocycles. The summed E-state index contributed by atoms with van der Waals surface area (Å²) in [5.41, 5.74) is 5.07. The molecule has 4 fully saturated rings. The second-order valence-electron chi connectivity index (χ2n) is 11.5. The number of phosphoric acid groups is 1. The molecule has 2 saturated heterocycles. The molecule has 6 N–H and O–H groups in total. The zero-order valence-corrected chi connectivity index (χ0v) is 25.8. The summed E-state index contributed by atoms with van der Waals surface area (Å²) in [4.78, 5) is 53.7. The highest BCUT2D eigenvalue weighted by Crippen LogP contribution is 2.72. The summed E-state index contributed by atoms with van der Waals surface area (Å²) < 4.78 is 45.0. The number of nitrogens with one attached hydrogen (secondary N) is 1. The monoisotopic (exact) mass is 684 g/mol. The lowest BCUT2D eigenvalue weighted by Gasteiger charge is -2.31. The number of H-pyrrole nitrogens is 1. The zero-order chi connectivity index (χ0) is 31.5. The Balaban J connectivity index is 1.12. The number of aryl methyl sites for hydroxylation is 1. The average molecular weight is 685 g/mol. The van der Waals surface area contributed by atoms with E-state index in [4.69, 9.17) is 40.4 Å². The topological polar surface area (TPSA) is 270 Å². The molecule has 45 heavy (non-hydrogen) atoms. The molecule has 20 nitrogen and oxygen atoms in total. The van der Waals surface area contributed by atoms with Crippen molar-refractivity contribution in [1.29, 1.82) is 0 Å². The number of aromatic nitrogens is 9. The van der Waals surface area contributed by atoms with Crippen molar-refractivity contribution in [2.24, 2.45) is 11.3 Å². The molecule has 2 saturated carbocycles. The lowest BCUT2D eigenvalue weighted by molar-refractivity contribution is -0.0654. The number of aliphatic hydroxyl groups is 1. The van der Waals surface area contributed by atoms with Crippen LogP contribution in [0.2, 0.25) is 0 Å². The molecule has 0 aromatic carbocycles. The maximum Gasteiger partial charge on any atom is 0.472 e. The van der Waals surface area contributed by atoms with Crippen LogP contribution in [-0.4, -0.2) is 97.0 Å². The number of nitrogen functional groups attached to an aromatic ring is 1. The first-order valence-electron chi connectivity index (χ1n) is 13.8. The lowest BCUT2D eigenvalue weighted by atomic mass is 10.0. The molecule has 2 aliphatic heterocycles. The molecule has 4 aromatic rings. The van der Waals surface area contributed by atoms with Crippen LogP contribution in [0.25, 0.3) is 22.3 Å². The van der Waals surface area contributed by atoms with Gasteiger partial charge in [0.05, 0.1) is 31.7 Å². The smallest absolute Gasteiger partial charge is 0.388 e.